The zero-order valence-corrected chi connectivity index (χ0v) is 19.1. The van der Waals surface area contributed by atoms with Gasteiger partial charge in [-0.15, -0.1) is 5.10 Å². The fraction of sp³-hybridized carbons (Fsp3) is 0.261. The lowest BCUT2D eigenvalue weighted by molar-refractivity contribution is -0.385. The minimum Gasteiger partial charge on any atom is -0.493 e. The van der Waals surface area contributed by atoms with Crippen LogP contribution >= 0.6 is 0 Å². The molecule has 0 fully saturated rings. The molecule has 2 heterocycles. The fourth-order valence-corrected chi connectivity index (χ4v) is 3.89. The van der Waals surface area contributed by atoms with E-state index in [0.717, 1.165) is 0 Å². The number of allylic oxidation sites excluding steroid dienone is 1. The summed E-state index contributed by atoms with van der Waals surface area (Å²) in [5.74, 6) is 1.12. The zero-order valence-electron chi connectivity index (χ0n) is 19.1. The van der Waals surface area contributed by atoms with Gasteiger partial charge in [0, 0.05) is 17.3 Å². The van der Waals surface area contributed by atoms with Crippen LogP contribution in [0.2, 0.25) is 0 Å². The van der Waals surface area contributed by atoms with Crippen LogP contribution in [0.3, 0.4) is 0 Å². The second kappa shape index (κ2) is 9.22. The molecule has 1 aliphatic rings. The number of ether oxygens (including phenoxy) is 3. The number of nitrogens with zero attached hydrogens (tertiary/aromatic N) is 4. The highest BCUT2D eigenvalue weighted by molar-refractivity contribution is 5.92. The van der Waals surface area contributed by atoms with Crippen molar-refractivity contribution in [1.82, 2.24) is 14.8 Å². The molecule has 1 unspecified atom stereocenters. The summed E-state index contributed by atoms with van der Waals surface area (Å²) in [6.45, 7) is 3.54. The molecule has 34 heavy (non-hydrogen) atoms. The van der Waals surface area contributed by atoms with Crippen LogP contribution in [-0.2, 0) is 9.53 Å². The van der Waals surface area contributed by atoms with E-state index in [1.807, 2.05) is 0 Å². The molecule has 176 valence electrons. The number of hydrogen-bond acceptors (Lipinski definition) is 9. The predicted molar refractivity (Wildman–Crippen MR) is 123 cm³/mol. The SMILES string of the molecule is CCOC(=O)C1=C(C)Nc2nc(-c3ccc(OC)c(OC)c3)nn2C1c1ccccc1[N+](=O)[O-]. The predicted octanol–water partition coefficient (Wildman–Crippen LogP) is 3.72. The third-order valence-electron chi connectivity index (χ3n) is 5.42. The number of carbonyl (C=O) groups is 1. The molecule has 0 aliphatic carbocycles. The van der Waals surface area contributed by atoms with Crippen molar-refractivity contribution in [3.8, 4) is 22.9 Å². The van der Waals surface area contributed by atoms with Crippen molar-refractivity contribution in [3.63, 3.8) is 0 Å². The number of nitro groups is 1. The van der Waals surface area contributed by atoms with Gasteiger partial charge in [0.1, 0.15) is 6.04 Å². The van der Waals surface area contributed by atoms with E-state index < -0.39 is 16.9 Å². The summed E-state index contributed by atoms with van der Waals surface area (Å²) in [5.41, 5.74) is 1.48. The van der Waals surface area contributed by atoms with Gasteiger partial charge in [-0.1, -0.05) is 12.1 Å². The van der Waals surface area contributed by atoms with Gasteiger partial charge in [-0.25, -0.2) is 9.48 Å². The minimum atomic E-state index is -0.918. The van der Waals surface area contributed by atoms with Gasteiger partial charge in [0.05, 0.1) is 36.9 Å². The van der Waals surface area contributed by atoms with Crippen LogP contribution in [0, 0.1) is 10.1 Å². The van der Waals surface area contributed by atoms with E-state index in [2.05, 4.69) is 15.4 Å². The van der Waals surface area contributed by atoms with E-state index >= 15 is 0 Å². The number of aromatic nitrogens is 3. The summed E-state index contributed by atoms with van der Waals surface area (Å²) in [4.78, 5) is 28.8. The quantitative estimate of drug-likeness (QED) is 0.315. The number of nitro benzene ring substituents is 1. The van der Waals surface area contributed by atoms with E-state index in [4.69, 9.17) is 14.2 Å². The van der Waals surface area contributed by atoms with Crippen molar-refractivity contribution in [2.24, 2.45) is 0 Å². The highest BCUT2D eigenvalue weighted by Crippen LogP contribution is 2.40. The van der Waals surface area contributed by atoms with Crippen LogP contribution < -0.4 is 14.8 Å². The zero-order chi connectivity index (χ0) is 24.4. The Morgan fingerprint density at radius 3 is 2.59 bits per heavy atom. The van der Waals surface area contributed by atoms with Crippen LogP contribution in [-0.4, -0.2) is 46.5 Å². The lowest BCUT2D eigenvalue weighted by Gasteiger charge is -2.27. The topological polar surface area (TPSA) is 131 Å². The molecule has 11 heteroatoms. The standard InChI is InChI=1S/C23H23N5O6/c1-5-34-22(29)19-13(2)24-23-25-21(14-10-11-17(32-3)18(12-14)33-4)26-27(23)20(19)15-8-6-7-9-16(15)28(30)31/h6-12,20H,5H2,1-4H3,(H,24,25,26). The molecule has 0 saturated carbocycles. The summed E-state index contributed by atoms with van der Waals surface area (Å²) in [6.07, 6.45) is 0. The molecule has 11 nitrogen and oxygen atoms in total. The first-order valence-corrected chi connectivity index (χ1v) is 10.5. The minimum absolute atomic E-state index is 0.141. The fourth-order valence-electron chi connectivity index (χ4n) is 3.89. The van der Waals surface area contributed by atoms with Gasteiger partial charge in [0.25, 0.3) is 5.69 Å². The molecule has 0 bridgehead atoms. The van der Waals surface area contributed by atoms with Crippen LogP contribution in [0.25, 0.3) is 11.4 Å². The number of hydrogen-bond donors (Lipinski definition) is 1. The van der Waals surface area contributed by atoms with E-state index in [9.17, 15) is 14.9 Å². The normalized spacial score (nSPS) is 14.8. The van der Waals surface area contributed by atoms with Crippen molar-refractivity contribution >= 4 is 17.6 Å². The molecule has 1 atom stereocenters. The molecule has 3 aromatic rings. The Hall–Kier alpha value is -4.41. The number of esters is 1. The van der Waals surface area contributed by atoms with Crippen LogP contribution in [0.15, 0.2) is 53.7 Å². The van der Waals surface area contributed by atoms with E-state index in [-0.39, 0.29) is 17.9 Å². The Bertz CT molecular complexity index is 1300. The third-order valence-corrected chi connectivity index (χ3v) is 5.42. The Morgan fingerprint density at radius 1 is 1.18 bits per heavy atom. The Morgan fingerprint density at radius 2 is 1.91 bits per heavy atom. The maximum atomic E-state index is 12.9. The summed E-state index contributed by atoms with van der Waals surface area (Å²) in [6, 6.07) is 10.5. The first-order chi connectivity index (χ1) is 16.4. The monoisotopic (exact) mass is 465 g/mol. The molecule has 1 N–H and O–H groups in total. The van der Waals surface area contributed by atoms with Gasteiger partial charge in [-0.05, 0) is 38.1 Å². The molecule has 0 saturated heterocycles. The summed E-state index contributed by atoms with van der Waals surface area (Å²) < 4.78 is 17.4. The molecule has 0 amide bonds. The van der Waals surface area contributed by atoms with Gasteiger partial charge in [-0.3, -0.25) is 10.1 Å². The Balaban J connectivity index is 1.90. The third kappa shape index (κ3) is 3.91. The maximum Gasteiger partial charge on any atom is 0.338 e. The van der Waals surface area contributed by atoms with E-state index in [1.54, 1.807) is 50.2 Å². The van der Waals surface area contributed by atoms with E-state index in [0.29, 0.717) is 40.1 Å². The van der Waals surface area contributed by atoms with Gasteiger partial charge >= 0.3 is 5.97 Å². The molecule has 4 rings (SSSR count). The first-order valence-electron chi connectivity index (χ1n) is 10.5. The van der Waals surface area contributed by atoms with Gasteiger partial charge in [-0.2, -0.15) is 4.98 Å². The summed E-state index contributed by atoms with van der Waals surface area (Å²) in [5, 5.41) is 19.5. The number of fused-ring (bicyclic) bond motifs is 1. The van der Waals surface area contributed by atoms with Crippen molar-refractivity contribution in [1.29, 1.82) is 0 Å². The van der Waals surface area contributed by atoms with Crippen molar-refractivity contribution in [3.05, 3.63) is 69.4 Å². The maximum absolute atomic E-state index is 12.9. The molecule has 1 aromatic heterocycles. The van der Waals surface area contributed by atoms with Gasteiger partial charge in [0.15, 0.2) is 17.3 Å². The number of rotatable bonds is 7. The lowest BCUT2D eigenvalue weighted by Crippen LogP contribution is -2.30. The van der Waals surface area contributed by atoms with Crippen LogP contribution in [0.1, 0.15) is 25.5 Å². The number of carbonyl (C=O) groups excluding carboxylic acids is 1. The van der Waals surface area contributed by atoms with Crippen molar-refractivity contribution in [2.75, 3.05) is 26.1 Å². The molecule has 2 aromatic carbocycles. The van der Waals surface area contributed by atoms with Gasteiger partial charge in [0.2, 0.25) is 5.95 Å². The second-order valence-electron chi connectivity index (χ2n) is 7.38. The number of para-hydroxylation sites is 1. The lowest BCUT2D eigenvalue weighted by atomic mass is 9.94. The Kier molecular flexibility index (Phi) is 6.17. The number of methoxy groups -OCH3 is 2. The average molecular weight is 465 g/mol. The van der Waals surface area contributed by atoms with Crippen molar-refractivity contribution < 1.29 is 23.9 Å². The molecule has 1 aliphatic heterocycles. The number of benzene rings is 2. The largest absolute Gasteiger partial charge is 0.493 e. The summed E-state index contributed by atoms with van der Waals surface area (Å²) >= 11 is 0. The first kappa shape index (κ1) is 22.8. The smallest absolute Gasteiger partial charge is 0.338 e. The highest BCUT2D eigenvalue weighted by Gasteiger charge is 2.38. The number of nitrogens with one attached hydrogen (secondary N) is 1. The number of anilines is 1. The molecular weight excluding hydrogens is 442 g/mol. The second-order valence-corrected chi connectivity index (χ2v) is 7.38. The summed E-state index contributed by atoms with van der Waals surface area (Å²) in [7, 11) is 3.07. The average Bonchev–Trinajstić information content (AvgIpc) is 3.26. The molecule has 0 radical (unpaired) electrons. The highest BCUT2D eigenvalue weighted by atomic mass is 16.6. The van der Waals surface area contributed by atoms with E-state index in [1.165, 1.54) is 25.0 Å². The molecular formula is C23H23N5O6. The van der Waals surface area contributed by atoms with Gasteiger partial charge < -0.3 is 19.5 Å². The Labute approximate surface area is 195 Å². The molecule has 0 spiro atoms. The van der Waals surface area contributed by atoms with Crippen molar-refractivity contribution in [2.45, 2.75) is 19.9 Å². The van der Waals surface area contributed by atoms with Crippen LogP contribution in [0.4, 0.5) is 11.6 Å². The van der Waals surface area contributed by atoms with Crippen LogP contribution in [0.5, 0.6) is 11.5 Å².